The van der Waals surface area contributed by atoms with E-state index in [2.05, 4.69) is 18.2 Å². The van der Waals surface area contributed by atoms with Crippen LogP contribution in [0.3, 0.4) is 0 Å². The van der Waals surface area contributed by atoms with Crippen LogP contribution in [-0.4, -0.2) is 0 Å². The van der Waals surface area contributed by atoms with Gasteiger partial charge in [-0.15, -0.1) is 0 Å². The smallest absolute Gasteiger partial charge is 0.0181 e. The molecule has 0 heterocycles. The first-order chi connectivity index (χ1) is 5.97. The van der Waals surface area contributed by atoms with Crippen molar-refractivity contribution in [2.75, 3.05) is 0 Å². The second-order valence-electron chi connectivity index (χ2n) is 3.61. The topological polar surface area (TPSA) is 0 Å². The van der Waals surface area contributed by atoms with E-state index in [1.807, 2.05) is 6.07 Å². The number of aryl methyl sites for hydroxylation is 2. The standard InChI is InChI=1S/C12H15/c1-2-4-8-12-10-6-5-9-11(12)7-3-1/h5,9-10H,1-4,7-8H2. The predicted octanol–water partition coefficient (Wildman–Crippen LogP) is 3.15. The lowest BCUT2D eigenvalue weighted by atomic mass is 9.94. The summed E-state index contributed by atoms with van der Waals surface area (Å²) in [5, 5.41) is 0. The second-order valence-corrected chi connectivity index (χ2v) is 3.61. The first kappa shape index (κ1) is 7.85. The summed E-state index contributed by atoms with van der Waals surface area (Å²) in [5.41, 5.74) is 3.10. The van der Waals surface area contributed by atoms with E-state index in [4.69, 9.17) is 0 Å². The van der Waals surface area contributed by atoms with Crippen molar-refractivity contribution < 1.29 is 0 Å². The van der Waals surface area contributed by atoms with Gasteiger partial charge in [-0.1, -0.05) is 31.0 Å². The fourth-order valence-corrected chi connectivity index (χ4v) is 1.96. The van der Waals surface area contributed by atoms with Crippen molar-refractivity contribution in [3.8, 4) is 0 Å². The van der Waals surface area contributed by atoms with Crippen LogP contribution in [0, 0.1) is 6.07 Å². The third-order valence-electron chi connectivity index (χ3n) is 2.69. The molecule has 0 bridgehead atoms. The van der Waals surface area contributed by atoms with Crippen molar-refractivity contribution in [2.24, 2.45) is 0 Å². The molecule has 0 atom stereocenters. The monoisotopic (exact) mass is 159 g/mol. The molecule has 1 aliphatic rings. The third kappa shape index (κ3) is 1.69. The highest BCUT2D eigenvalue weighted by molar-refractivity contribution is 5.27. The van der Waals surface area contributed by atoms with Gasteiger partial charge in [0.05, 0.1) is 0 Å². The lowest BCUT2D eigenvalue weighted by Gasteiger charge is -2.12. The van der Waals surface area contributed by atoms with E-state index in [1.165, 1.54) is 44.1 Å². The van der Waals surface area contributed by atoms with E-state index >= 15 is 0 Å². The summed E-state index contributed by atoms with van der Waals surface area (Å²) in [5.74, 6) is 0. The van der Waals surface area contributed by atoms with Gasteiger partial charge in [-0.3, -0.25) is 0 Å². The molecule has 0 spiro atoms. The van der Waals surface area contributed by atoms with Crippen LogP contribution in [0.2, 0.25) is 0 Å². The Morgan fingerprint density at radius 1 is 0.917 bits per heavy atom. The molecule has 2 rings (SSSR count). The zero-order chi connectivity index (χ0) is 8.23. The molecule has 12 heavy (non-hydrogen) atoms. The van der Waals surface area contributed by atoms with Crippen molar-refractivity contribution in [1.29, 1.82) is 0 Å². The average molecular weight is 159 g/mol. The van der Waals surface area contributed by atoms with Gasteiger partial charge in [-0.25, -0.2) is 0 Å². The zero-order valence-corrected chi connectivity index (χ0v) is 7.47. The lowest BCUT2D eigenvalue weighted by molar-refractivity contribution is 0.617. The molecule has 1 aliphatic carbocycles. The van der Waals surface area contributed by atoms with Crippen molar-refractivity contribution in [3.63, 3.8) is 0 Å². The summed E-state index contributed by atoms with van der Waals surface area (Å²) in [6, 6.07) is 9.61. The Kier molecular flexibility index (Phi) is 2.45. The Morgan fingerprint density at radius 3 is 2.50 bits per heavy atom. The molecule has 0 aliphatic heterocycles. The lowest BCUT2D eigenvalue weighted by Crippen LogP contribution is -1.98. The first-order valence-electron chi connectivity index (χ1n) is 4.95. The molecule has 0 saturated carbocycles. The molecule has 0 fully saturated rings. The van der Waals surface area contributed by atoms with E-state index in [-0.39, 0.29) is 0 Å². The SMILES string of the molecule is [c]1ccc2c(c1)CCCCCC2. The van der Waals surface area contributed by atoms with Gasteiger partial charge in [-0.2, -0.15) is 0 Å². The zero-order valence-electron chi connectivity index (χ0n) is 7.47. The molecule has 1 radical (unpaired) electrons. The van der Waals surface area contributed by atoms with Crippen LogP contribution in [0.5, 0.6) is 0 Å². The van der Waals surface area contributed by atoms with E-state index < -0.39 is 0 Å². The highest BCUT2D eigenvalue weighted by Crippen LogP contribution is 2.19. The van der Waals surface area contributed by atoms with Gasteiger partial charge in [0.1, 0.15) is 0 Å². The van der Waals surface area contributed by atoms with Gasteiger partial charge in [0.15, 0.2) is 0 Å². The highest BCUT2D eigenvalue weighted by atomic mass is 14.1. The van der Waals surface area contributed by atoms with Crippen molar-refractivity contribution >= 4 is 0 Å². The summed E-state index contributed by atoms with van der Waals surface area (Å²) in [6.45, 7) is 0. The van der Waals surface area contributed by atoms with Gasteiger partial charge in [-0.05, 0) is 42.9 Å². The van der Waals surface area contributed by atoms with Crippen LogP contribution in [0.1, 0.15) is 36.8 Å². The summed E-state index contributed by atoms with van der Waals surface area (Å²) < 4.78 is 0. The molecule has 0 aromatic heterocycles. The Bertz CT molecular complexity index is 223. The van der Waals surface area contributed by atoms with Crippen molar-refractivity contribution in [3.05, 3.63) is 35.4 Å². The number of rotatable bonds is 0. The van der Waals surface area contributed by atoms with Crippen molar-refractivity contribution in [1.82, 2.24) is 0 Å². The molecule has 0 heteroatoms. The Hall–Kier alpha value is -0.780. The first-order valence-corrected chi connectivity index (χ1v) is 4.95. The van der Waals surface area contributed by atoms with E-state index in [0.717, 1.165) is 0 Å². The molecule has 0 unspecified atom stereocenters. The Morgan fingerprint density at radius 2 is 1.67 bits per heavy atom. The van der Waals surface area contributed by atoms with Gasteiger partial charge in [0, 0.05) is 0 Å². The number of benzene rings is 1. The summed E-state index contributed by atoms with van der Waals surface area (Å²) in [7, 11) is 0. The predicted molar refractivity (Wildman–Crippen MR) is 51.2 cm³/mol. The normalized spacial score (nSPS) is 17.7. The number of fused-ring (bicyclic) bond motifs is 1. The summed E-state index contributed by atoms with van der Waals surface area (Å²) >= 11 is 0. The quantitative estimate of drug-likeness (QED) is 0.545. The molecule has 0 amide bonds. The summed E-state index contributed by atoms with van der Waals surface area (Å²) in [4.78, 5) is 0. The van der Waals surface area contributed by atoms with E-state index in [0.29, 0.717) is 0 Å². The number of hydrogen-bond acceptors (Lipinski definition) is 0. The largest absolute Gasteiger partial charge is 0.0582 e. The maximum atomic E-state index is 3.17. The summed E-state index contributed by atoms with van der Waals surface area (Å²) in [6.07, 6.45) is 8.12. The van der Waals surface area contributed by atoms with Gasteiger partial charge < -0.3 is 0 Å². The second kappa shape index (κ2) is 3.75. The molecule has 1 aromatic carbocycles. The van der Waals surface area contributed by atoms with Crippen LogP contribution >= 0.6 is 0 Å². The van der Waals surface area contributed by atoms with Crippen LogP contribution in [0.25, 0.3) is 0 Å². The molecule has 0 N–H and O–H groups in total. The van der Waals surface area contributed by atoms with Gasteiger partial charge in [0.2, 0.25) is 0 Å². The molecular formula is C12H15. The number of hydrogen-bond donors (Lipinski definition) is 0. The van der Waals surface area contributed by atoms with Crippen LogP contribution < -0.4 is 0 Å². The van der Waals surface area contributed by atoms with E-state index in [9.17, 15) is 0 Å². The van der Waals surface area contributed by atoms with Crippen LogP contribution in [-0.2, 0) is 12.8 Å². The molecule has 1 aromatic rings. The minimum absolute atomic E-state index is 1.27. The fraction of sp³-hybridized carbons (Fsp3) is 0.500. The molecule has 63 valence electrons. The average Bonchev–Trinajstić information content (AvgIpc) is 2.06. The minimum Gasteiger partial charge on any atom is -0.0582 e. The van der Waals surface area contributed by atoms with Gasteiger partial charge in [0.25, 0.3) is 0 Å². The highest BCUT2D eigenvalue weighted by Gasteiger charge is 2.04. The van der Waals surface area contributed by atoms with Crippen LogP contribution in [0.4, 0.5) is 0 Å². The molecule has 0 nitrogen and oxygen atoms in total. The molecular weight excluding hydrogens is 144 g/mol. The Labute approximate surface area is 74.6 Å². The maximum absolute atomic E-state index is 3.17. The maximum Gasteiger partial charge on any atom is -0.0181 e. The van der Waals surface area contributed by atoms with Gasteiger partial charge >= 0.3 is 0 Å². The third-order valence-corrected chi connectivity index (χ3v) is 2.69. The Balaban J connectivity index is 2.24. The minimum atomic E-state index is 1.27. The van der Waals surface area contributed by atoms with Crippen molar-refractivity contribution in [2.45, 2.75) is 38.5 Å². The van der Waals surface area contributed by atoms with E-state index in [1.54, 1.807) is 5.56 Å². The molecule has 0 saturated heterocycles. The fourth-order valence-electron chi connectivity index (χ4n) is 1.96. The van der Waals surface area contributed by atoms with Crippen LogP contribution in [0.15, 0.2) is 18.2 Å².